The van der Waals surface area contributed by atoms with Crippen molar-refractivity contribution in [3.05, 3.63) is 47.9 Å². The zero-order valence-corrected chi connectivity index (χ0v) is 12.7. The molecular weight excluding hydrogens is 279 g/mol. The van der Waals surface area contributed by atoms with Gasteiger partial charge in [0.15, 0.2) is 11.6 Å². The Hall–Kier alpha value is -1.94. The lowest BCUT2D eigenvalue weighted by Gasteiger charge is -2.25. The Kier molecular flexibility index (Phi) is 3.15. The van der Waals surface area contributed by atoms with Crippen LogP contribution in [0.15, 0.2) is 36.5 Å². The molecule has 1 aromatic heterocycles. The molecule has 0 amide bonds. The van der Waals surface area contributed by atoms with Crippen molar-refractivity contribution in [3.63, 3.8) is 0 Å². The van der Waals surface area contributed by atoms with Crippen molar-refractivity contribution in [2.24, 2.45) is 0 Å². The molecular formula is C18H19FN2O. The molecule has 2 aromatic rings. The first kappa shape index (κ1) is 13.7. The molecule has 0 atom stereocenters. The van der Waals surface area contributed by atoms with Gasteiger partial charge in [-0.1, -0.05) is 12.1 Å². The van der Waals surface area contributed by atoms with Crippen molar-refractivity contribution in [2.75, 3.05) is 26.7 Å². The van der Waals surface area contributed by atoms with E-state index < -0.39 is 0 Å². The molecule has 4 rings (SSSR count). The van der Waals surface area contributed by atoms with Crippen LogP contribution in [-0.4, -0.2) is 36.6 Å². The number of methoxy groups -OCH3 is 1. The van der Waals surface area contributed by atoms with Crippen LogP contribution in [0.4, 0.5) is 4.39 Å². The van der Waals surface area contributed by atoms with Gasteiger partial charge in [-0.3, -0.25) is 4.98 Å². The average molecular weight is 298 g/mol. The Bertz CT molecular complexity index is 691. The van der Waals surface area contributed by atoms with Gasteiger partial charge in [0.25, 0.3) is 0 Å². The third-order valence-electron chi connectivity index (χ3n) is 5.17. The van der Waals surface area contributed by atoms with E-state index in [9.17, 15) is 4.39 Å². The molecule has 0 radical (unpaired) electrons. The van der Waals surface area contributed by atoms with E-state index >= 15 is 0 Å². The number of benzene rings is 1. The highest BCUT2D eigenvalue weighted by Crippen LogP contribution is 2.43. The van der Waals surface area contributed by atoms with Crippen LogP contribution in [0.5, 0.6) is 5.75 Å². The fourth-order valence-corrected chi connectivity index (χ4v) is 3.84. The van der Waals surface area contributed by atoms with E-state index in [1.165, 1.54) is 38.6 Å². The normalized spacial score (nSPS) is 26.4. The highest BCUT2D eigenvalue weighted by Gasteiger charge is 2.44. The molecule has 2 fully saturated rings. The van der Waals surface area contributed by atoms with Gasteiger partial charge in [0.05, 0.1) is 12.8 Å². The standard InChI is InChI=1S/C18H19FN2O/c1-22-16-4-2-3-14(17(16)19)15-6-5-13(11-20-15)18-7-9-21(12-18)10-8-18/h2-6,11H,7-10,12H2,1H3. The monoisotopic (exact) mass is 298 g/mol. The minimum absolute atomic E-state index is 0.254. The van der Waals surface area contributed by atoms with Crippen LogP contribution in [-0.2, 0) is 5.41 Å². The Morgan fingerprint density at radius 1 is 1.18 bits per heavy atom. The molecule has 0 saturated carbocycles. The van der Waals surface area contributed by atoms with Gasteiger partial charge < -0.3 is 9.64 Å². The molecule has 2 saturated heterocycles. The molecule has 0 unspecified atom stereocenters. The predicted octanol–water partition coefficient (Wildman–Crippen LogP) is 3.24. The Morgan fingerprint density at radius 2 is 2.00 bits per heavy atom. The Labute approximate surface area is 129 Å². The van der Waals surface area contributed by atoms with E-state index in [1.807, 2.05) is 12.3 Å². The summed E-state index contributed by atoms with van der Waals surface area (Å²) in [5, 5.41) is 0. The molecule has 2 bridgehead atoms. The first-order chi connectivity index (χ1) is 10.7. The summed E-state index contributed by atoms with van der Waals surface area (Å²) in [6.45, 7) is 3.51. The van der Waals surface area contributed by atoms with Crippen LogP contribution in [0.1, 0.15) is 18.4 Å². The van der Waals surface area contributed by atoms with Crippen LogP contribution in [0.25, 0.3) is 11.3 Å². The van der Waals surface area contributed by atoms with Gasteiger partial charge in [0.1, 0.15) is 0 Å². The molecule has 4 heteroatoms. The van der Waals surface area contributed by atoms with Gasteiger partial charge in [0, 0.05) is 23.7 Å². The Balaban J connectivity index is 1.68. The molecule has 2 aliphatic heterocycles. The van der Waals surface area contributed by atoms with Crippen molar-refractivity contribution in [1.82, 2.24) is 9.88 Å². The number of fused-ring (bicyclic) bond motifs is 2. The van der Waals surface area contributed by atoms with E-state index in [1.54, 1.807) is 18.2 Å². The topological polar surface area (TPSA) is 25.4 Å². The number of hydrogen-bond donors (Lipinski definition) is 0. The van der Waals surface area contributed by atoms with E-state index in [0.717, 1.165) is 6.54 Å². The van der Waals surface area contributed by atoms with Crippen LogP contribution in [0.2, 0.25) is 0 Å². The summed E-state index contributed by atoms with van der Waals surface area (Å²) in [6, 6.07) is 9.21. The summed E-state index contributed by atoms with van der Waals surface area (Å²) in [6.07, 6.45) is 4.35. The summed E-state index contributed by atoms with van der Waals surface area (Å²) >= 11 is 0. The molecule has 1 aromatic carbocycles. The van der Waals surface area contributed by atoms with Crippen LogP contribution >= 0.6 is 0 Å². The van der Waals surface area contributed by atoms with Crippen molar-refractivity contribution in [3.8, 4) is 17.0 Å². The zero-order valence-electron chi connectivity index (χ0n) is 12.7. The largest absolute Gasteiger partial charge is 0.494 e. The van der Waals surface area contributed by atoms with Gasteiger partial charge in [-0.15, -0.1) is 0 Å². The van der Waals surface area contributed by atoms with Gasteiger partial charge in [-0.05, 0) is 49.7 Å². The van der Waals surface area contributed by atoms with Crippen molar-refractivity contribution >= 4 is 0 Å². The molecule has 0 aliphatic carbocycles. The van der Waals surface area contributed by atoms with Gasteiger partial charge in [-0.2, -0.15) is 0 Å². The maximum absolute atomic E-state index is 14.3. The second-order valence-electron chi connectivity index (χ2n) is 6.31. The predicted molar refractivity (Wildman–Crippen MR) is 83.5 cm³/mol. The number of ether oxygens (including phenoxy) is 1. The van der Waals surface area contributed by atoms with Crippen molar-refractivity contribution < 1.29 is 9.13 Å². The van der Waals surface area contributed by atoms with Gasteiger partial charge in [-0.25, -0.2) is 4.39 Å². The smallest absolute Gasteiger partial charge is 0.174 e. The first-order valence-corrected chi connectivity index (χ1v) is 7.74. The average Bonchev–Trinajstić information content (AvgIpc) is 3.17. The maximum Gasteiger partial charge on any atom is 0.174 e. The molecule has 3 heterocycles. The lowest BCUT2D eigenvalue weighted by molar-refractivity contribution is 0.364. The molecule has 0 N–H and O–H groups in total. The van der Waals surface area contributed by atoms with Crippen LogP contribution in [0.3, 0.4) is 0 Å². The highest BCUT2D eigenvalue weighted by atomic mass is 19.1. The molecule has 3 nitrogen and oxygen atoms in total. The van der Waals surface area contributed by atoms with Crippen LogP contribution < -0.4 is 4.74 Å². The van der Waals surface area contributed by atoms with Gasteiger partial charge >= 0.3 is 0 Å². The fraction of sp³-hybridized carbons (Fsp3) is 0.389. The fourth-order valence-electron chi connectivity index (χ4n) is 3.84. The number of nitrogens with zero attached hydrogens (tertiary/aromatic N) is 2. The van der Waals surface area contributed by atoms with Crippen molar-refractivity contribution in [2.45, 2.75) is 18.3 Å². The summed E-state index contributed by atoms with van der Waals surface area (Å²) in [7, 11) is 1.48. The quantitative estimate of drug-likeness (QED) is 0.870. The number of aromatic nitrogens is 1. The third kappa shape index (κ3) is 2.02. The molecule has 114 valence electrons. The van der Waals surface area contributed by atoms with Gasteiger partial charge in [0.2, 0.25) is 0 Å². The SMILES string of the molecule is COc1cccc(-c2ccc(C34CCN(CC3)C4)cn2)c1F. The summed E-state index contributed by atoms with van der Waals surface area (Å²) in [5.41, 5.74) is 2.71. The lowest BCUT2D eigenvalue weighted by Crippen LogP contribution is -2.24. The summed E-state index contributed by atoms with van der Waals surface area (Å²) in [4.78, 5) is 7.04. The number of halogens is 1. The van der Waals surface area contributed by atoms with E-state index in [2.05, 4.69) is 16.0 Å². The van der Waals surface area contributed by atoms with Crippen molar-refractivity contribution in [1.29, 1.82) is 0 Å². The Morgan fingerprint density at radius 3 is 2.59 bits per heavy atom. The van der Waals surface area contributed by atoms with E-state index in [0.29, 0.717) is 11.3 Å². The minimum Gasteiger partial charge on any atom is -0.494 e. The minimum atomic E-state index is -0.351. The highest BCUT2D eigenvalue weighted by molar-refractivity contribution is 5.62. The van der Waals surface area contributed by atoms with E-state index in [-0.39, 0.29) is 17.0 Å². The second-order valence-corrected chi connectivity index (χ2v) is 6.31. The summed E-state index contributed by atoms with van der Waals surface area (Å²) < 4.78 is 19.4. The molecule has 22 heavy (non-hydrogen) atoms. The summed E-state index contributed by atoms with van der Waals surface area (Å²) in [5.74, 6) is -0.0967. The number of rotatable bonds is 3. The maximum atomic E-state index is 14.3. The number of piperidine rings is 1. The van der Waals surface area contributed by atoms with E-state index in [4.69, 9.17) is 4.74 Å². The zero-order chi connectivity index (χ0) is 15.2. The first-order valence-electron chi connectivity index (χ1n) is 7.74. The van der Waals surface area contributed by atoms with Crippen LogP contribution in [0, 0.1) is 5.82 Å². The number of pyridine rings is 1. The molecule has 2 aliphatic rings. The number of hydrogen-bond acceptors (Lipinski definition) is 3. The molecule has 0 spiro atoms. The lowest BCUT2D eigenvalue weighted by atomic mass is 9.78. The third-order valence-corrected chi connectivity index (χ3v) is 5.17. The second kappa shape index (κ2) is 5.06.